The molecule has 1 atom stereocenters. The number of hydrogen-bond acceptors (Lipinski definition) is 5. The Balaban J connectivity index is 1.52. The molecule has 0 bridgehead atoms. The van der Waals surface area contributed by atoms with Crippen molar-refractivity contribution in [3.05, 3.63) is 59.7 Å². The summed E-state index contributed by atoms with van der Waals surface area (Å²) < 4.78 is 5.12. The van der Waals surface area contributed by atoms with Crippen LogP contribution in [0.15, 0.2) is 47.0 Å². The van der Waals surface area contributed by atoms with E-state index in [9.17, 15) is 14.7 Å². The fourth-order valence-electron chi connectivity index (χ4n) is 3.05. The summed E-state index contributed by atoms with van der Waals surface area (Å²) in [6.45, 7) is 3.99. The smallest absolute Gasteiger partial charge is 0.308 e. The number of aromatic nitrogens is 2. The summed E-state index contributed by atoms with van der Waals surface area (Å²) in [4.78, 5) is 28.0. The highest BCUT2D eigenvalue weighted by Crippen LogP contribution is 2.18. The number of benzene rings is 2. The molecule has 3 rings (SSSR count). The second-order valence-electron chi connectivity index (χ2n) is 7.43. The third kappa shape index (κ3) is 5.63. The van der Waals surface area contributed by atoms with E-state index in [0.717, 1.165) is 16.3 Å². The summed E-state index contributed by atoms with van der Waals surface area (Å²) in [7, 11) is 0. The van der Waals surface area contributed by atoms with E-state index in [2.05, 4.69) is 15.5 Å². The molecule has 2 N–H and O–H groups in total. The Kier molecular flexibility index (Phi) is 6.59. The van der Waals surface area contributed by atoms with Crippen molar-refractivity contribution in [2.24, 2.45) is 5.92 Å². The first-order valence-electron chi connectivity index (χ1n) is 9.72. The van der Waals surface area contributed by atoms with Gasteiger partial charge in [0.1, 0.15) is 0 Å². The van der Waals surface area contributed by atoms with Crippen LogP contribution in [-0.4, -0.2) is 33.7 Å². The van der Waals surface area contributed by atoms with Crippen molar-refractivity contribution in [3.63, 3.8) is 0 Å². The number of carbonyl (C=O) groups is 2. The second-order valence-corrected chi connectivity index (χ2v) is 7.43. The number of nitrogens with zero attached hydrogens (tertiary/aromatic N) is 2. The number of hydrogen-bond donors (Lipinski definition) is 2. The molecule has 3 aromatic rings. The quantitative estimate of drug-likeness (QED) is 0.576. The summed E-state index contributed by atoms with van der Waals surface area (Å²) in [5.41, 5.74) is 0.928. The van der Waals surface area contributed by atoms with E-state index in [-0.39, 0.29) is 24.8 Å². The first kappa shape index (κ1) is 20.5. The Bertz CT molecular complexity index is 996. The van der Waals surface area contributed by atoms with Gasteiger partial charge in [-0.05, 0) is 22.8 Å². The Hall–Kier alpha value is -3.22. The lowest BCUT2D eigenvalue weighted by Gasteiger charge is -2.14. The van der Waals surface area contributed by atoms with Crippen molar-refractivity contribution < 1.29 is 19.2 Å². The molecule has 2 aromatic carbocycles. The molecule has 7 heteroatoms. The standard InChI is InChI=1S/C22H25N3O4/c1-14(2)21-24-20(29-25-21)10-9-19(26)23-13-18(22(27)28)12-15-7-8-16-5-3-4-6-17(16)11-15/h3-8,11,14,18H,9-10,12-13H2,1-2H3,(H,23,26)(H,27,28). The van der Waals surface area contributed by atoms with Crippen molar-refractivity contribution in [1.82, 2.24) is 15.5 Å². The molecule has 0 aliphatic heterocycles. The van der Waals surface area contributed by atoms with Gasteiger partial charge in [0.05, 0.1) is 5.92 Å². The number of carbonyl (C=O) groups excluding carboxylic acids is 1. The molecule has 0 radical (unpaired) electrons. The second kappa shape index (κ2) is 9.32. The zero-order chi connectivity index (χ0) is 20.8. The molecule has 152 valence electrons. The van der Waals surface area contributed by atoms with Crippen LogP contribution in [0.2, 0.25) is 0 Å². The number of carboxylic acid groups (broad SMARTS) is 1. The van der Waals surface area contributed by atoms with Gasteiger partial charge in [-0.1, -0.05) is 61.5 Å². The fraction of sp³-hybridized carbons (Fsp3) is 0.364. The Morgan fingerprint density at radius 1 is 1.14 bits per heavy atom. The predicted octanol–water partition coefficient (Wildman–Crippen LogP) is 3.34. The van der Waals surface area contributed by atoms with E-state index in [4.69, 9.17) is 4.52 Å². The monoisotopic (exact) mass is 395 g/mol. The highest BCUT2D eigenvalue weighted by atomic mass is 16.5. The molecule has 1 amide bonds. The summed E-state index contributed by atoms with van der Waals surface area (Å²) in [5, 5.41) is 18.3. The van der Waals surface area contributed by atoms with Gasteiger partial charge in [0.25, 0.3) is 0 Å². The number of nitrogens with one attached hydrogen (secondary N) is 1. The van der Waals surface area contributed by atoms with Crippen molar-refractivity contribution >= 4 is 22.6 Å². The third-order valence-electron chi connectivity index (χ3n) is 4.76. The molecule has 1 unspecified atom stereocenters. The molecule has 0 fully saturated rings. The van der Waals surface area contributed by atoms with Gasteiger partial charge in [-0.3, -0.25) is 9.59 Å². The zero-order valence-corrected chi connectivity index (χ0v) is 16.6. The number of rotatable bonds is 9. The summed E-state index contributed by atoms with van der Waals surface area (Å²) in [6.07, 6.45) is 0.845. The van der Waals surface area contributed by atoms with Crippen LogP contribution in [0.3, 0.4) is 0 Å². The molecule has 0 aliphatic rings. The average Bonchev–Trinajstić information content (AvgIpc) is 3.18. The van der Waals surface area contributed by atoms with Gasteiger partial charge in [-0.25, -0.2) is 0 Å². The van der Waals surface area contributed by atoms with Crippen LogP contribution < -0.4 is 5.32 Å². The van der Waals surface area contributed by atoms with Crippen molar-refractivity contribution in [2.45, 2.75) is 39.0 Å². The molecule has 0 saturated carbocycles. The summed E-state index contributed by atoms with van der Waals surface area (Å²) >= 11 is 0. The van der Waals surface area contributed by atoms with E-state index < -0.39 is 11.9 Å². The molecule has 0 saturated heterocycles. The number of amides is 1. The number of aryl methyl sites for hydroxylation is 1. The Labute approximate surface area is 169 Å². The number of fused-ring (bicyclic) bond motifs is 1. The van der Waals surface area contributed by atoms with E-state index in [1.54, 1.807) is 0 Å². The predicted molar refractivity (Wildman–Crippen MR) is 108 cm³/mol. The van der Waals surface area contributed by atoms with E-state index in [1.165, 1.54) is 0 Å². The van der Waals surface area contributed by atoms with Crippen LogP contribution in [0.25, 0.3) is 10.8 Å². The number of aliphatic carboxylic acids is 1. The van der Waals surface area contributed by atoms with Crippen LogP contribution in [0.5, 0.6) is 0 Å². The van der Waals surface area contributed by atoms with Gasteiger partial charge in [0, 0.05) is 25.3 Å². The van der Waals surface area contributed by atoms with Crippen molar-refractivity contribution in [2.75, 3.05) is 6.54 Å². The summed E-state index contributed by atoms with van der Waals surface area (Å²) in [6, 6.07) is 13.8. The van der Waals surface area contributed by atoms with Gasteiger partial charge in [-0.15, -0.1) is 0 Å². The first-order valence-corrected chi connectivity index (χ1v) is 9.72. The van der Waals surface area contributed by atoms with Crippen LogP contribution in [0, 0.1) is 5.92 Å². The lowest BCUT2D eigenvalue weighted by atomic mass is 9.97. The molecule has 29 heavy (non-hydrogen) atoms. The largest absolute Gasteiger partial charge is 0.481 e. The topological polar surface area (TPSA) is 105 Å². The maximum Gasteiger partial charge on any atom is 0.308 e. The van der Waals surface area contributed by atoms with Crippen LogP contribution >= 0.6 is 0 Å². The zero-order valence-electron chi connectivity index (χ0n) is 16.6. The maximum atomic E-state index is 12.1. The molecule has 1 heterocycles. The summed E-state index contributed by atoms with van der Waals surface area (Å²) in [5.74, 6) is -0.684. The molecular formula is C22H25N3O4. The molecule has 7 nitrogen and oxygen atoms in total. The highest BCUT2D eigenvalue weighted by molar-refractivity contribution is 5.83. The lowest BCUT2D eigenvalue weighted by molar-refractivity contribution is -0.141. The Morgan fingerprint density at radius 2 is 1.90 bits per heavy atom. The normalized spacial score (nSPS) is 12.2. The first-order chi connectivity index (χ1) is 13.9. The minimum Gasteiger partial charge on any atom is -0.481 e. The molecule has 0 spiro atoms. The lowest BCUT2D eigenvalue weighted by Crippen LogP contribution is -2.34. The van der Waals surface area contributed by atoms with Crippen LogP contribution in [-0.2, 0) is 22.4 Å². The molecule has 1 aromatic heterocycles. The van der Waals surface area contributed by atoms with Crippen LogP contribution in [0.1, 0.15) is 43.5 Å². The Morgan fingerprint density at radius 3 is 2.59 bits per heavy atom. The van der Waals surface area contributed by atoms with Crippen molar-refractivity contribution in [3.8, 4) is 0 Å². The molecular weight excluding hydrogens is 370 g/mol. The van der Waals surface area contributed by atoms with Gasteiger partial charge in [0.2, 0.25) is 11.8 Å². The van der Waals surface area contributed by atoms with E-state index in [1.807, 2.05) is 56.3 Å². The third-order valence-corrected chi connectivity index (χ3v) is 4.76. The number of carboxylic acids is 1. The minimum atomic E-state index is -0.933. The van der Waals surface area contributed by atoms with Gasteiger partial charge in [0.15, 0.2) is 5.82 Å². The molecule has 0 aliphatic carbocycles. The average molecular weight is 395 g/mol. The van der Waals surface area contributed by atoms with Gasteiger partial charge >= 0.3 is 5.97 Å². The minimum absolute atomic E-state index is 0.0715. The van der Waals surface area contributed by atoms with Gasteiger partial charge in [-0.2, -0.15) is 4.98 Å². The van der Waals surface area contributed by atoms with E-state index in [0.29, 0.717) is 24.6 Å². The maximum absolute atomic E-state index is 12.1. The fourth-order valence-corrected chi connectivity index (χ4v) is 3.05. The van der Waals surface area contributed by atoms with Crippen molar-refractivity contribution in [1.29, 1.82) is 0 Å². The highest BCUT2D eigenvalue weighted by Gasteiger charge is 2.19. The SMILES string of the molecule is CC(C)c1noc(CCC(=O)NCC(Cc2ccc3ccccc3c2)C(=O)O)n1. The van der Waals surface area contributed by atoms with E-state index >= 15 is 0 Å². The van der Waals surface area contributed by atoms with Crippen LogP contribution in [0.4, 0.5) is 0 Å². The van der Waals surface area contributed by atoms with Gasteiger partial charge < -0.3 is 14.9 Å².